The van der Waals surface area contributed by atoms with E-state index in [1.165, 1.54) is 5.56 Å². The van der Waals surface area contributed by atoms with Gasteiger partial charge >= 0.3 is 5.97 Å². The van der Waals surface area contributed by atoms with E-state index in [1.807, 2.05) is 24.3 Å². The van der Waals surface area contributed by atoms with Crippen molar-refractivity contribution in [3.8, 4) is 0 Å². The van der Waals surface area contributed by atoms with E-state index in [2.05, 4.69) is 16.8 Å². The zero-order valence-corrected chi connectivity index (χ0v) is 17.3. The maximum absolute atomic E-state index is 11.4. The molecule has 2 aromatic rings. The molecule has 1 fully saturated rings. The van der Waals surface area contributed by atoms with E-state index in [0.29, 0.717) is 11.5 Å². The van der Waals surface area contributed by atoms with E-state index in [0.717, 1.165) is 21.9 Å². The van der Waals surface area contributed by atoms with E-state index >= 15 is 0 Å². The van der Waals surface area contributed by atoms with Gasteiger partial charge in [-0.25, -0.2) is 4.79 Å². The minimum Gasteiger partial charge on any atom is -0.479 e. The number of rotatable bonds is 6. The number of thiophene rings is 1. The van der Waals surface area contributed by atoms with Gasteiger partial charge in [-0.1, -0.05) is 42.0 Å². The highest BCUT2D eigenvalue weighted by atomic mass is 35.5. The third-order valence-electron chi connectivity index (χ3n) is 4.10. The summed E-state index contributed by atoms with van der Waals surface area (Å²) in [5, 5.41) is 15.3. The van der Waals surface area contributed by atoms with Gasteiger partial charge in [-0.2, -0.15) is 0 Å². The van der Waals surface area contributed by atoms with E-state index in [9.17, 15) is 9.90 Å². The van der Waals surface area contributed by atoms with Crippen LogP contribution in [0.3, 0.4) is 0 Å². The fraction of sp³-hybridized carbons (Fsp3) is 0.368. The first kappa shape index (κ1) is 20.2. The number of carboxylic acids is 1. The normalized spacial score (nSPS) is 21.1. The number of carbonyl (C=O) groups is 1. The van der Waals surface area contributed by atoms with E-state index in [4.69, 9.17) is 33.3 Å². The first-order valence-corrected chi connectivity index (χ1v) is 10.1. The van der Waals surface area contributed by atoms with Crippen molar-refractivity contribution in [2.75, 3.05) is 0 Å². The first-order chi connectivity index (χ1) is 12.7. The van der Waals surface area contributed by atoms with Gasteiger partial charge in [0, 0.05) is 16.4 Å². The van der Waals surface area contributed by atoms with Crippen LogP contribution < -0.4 is 5.32 Å². The molecule has 0 bridgehead atoms. The standard InChI is InChI=1S/C19H20ClNO4S2/c1-19(2)24-15(16(25-19)18(22)23)17(26)21-9-13-8-11(10-27-13)7-12-5-3-4-6-14(12)20/h3-6,8,10,15-16H,7,9H2,1-2H3,(H,21,26)(H,22,23)/t15-,16-/m1/s1. The van der Waals surface area contributed by atoms with Crippen molar-refractivity contribution in [2.45, 2.75) is 44.8 Å². The SMILES string of the molecule is CC1(C)O[C@@H](C(=O)O)[C@H](C(=S)NCc2cc(Cc3ccccc3Cl)cs2)O1. The molecule has 1 aliphatic rings. The molecule has 2 heterocycles. The van der Waals surface area contributed by atoms with Gasteiger partial charge in [0.1, 0.15) is 11.1 Å². The van der Waals surface area contributed by atoms with Gasteiger partial charge in [0.05, 0.1) is 0 Å². The fourth-order valence-electron chi connectivity index (χ4n) is 2.88. The van der Waals surface area contributed by atoms with Gasteiger partial charge < -0.3 is 19.9 Å². The van der Waals surface area contributed by atoms with Crippen LogP contribution in [0.5, 0.6) is 0 Å². The lowest BCUT2D eigenvalue weighted by atomic mass is 10.1. The molecule has 1 saturated heterocycles. The molecule has 1 aromatic carbocycles. The second-order valence-electron chi connectivity index (χ2n) is 6.72. The summed E-state index contributed by atoms with van der Waals surface area (Å²) >= 11 is 13.2. The zero-order chi connectivity index (χ0) is 19.6. The van der Waals surface area contributed by atoms with Crippen molar-refractivity contribution in [3.63, 3.8) is 0 Å². The summed E-state index contributed by atoms with van der Waals surface area (Å²) in [5.41, 5.74) is 2.25. The number of halogens is 1. The Kier molecular flexibility index (Phi) is 6.18. The summed E-state index contributed by atoms with van der Waals surface area (Å²) in [5.74, 6) is -2.07. The molecule has 0 aliphatic carbocycles. The summed E-state index contributed by atoms with van der Waals surface area (Å²) in [6, 6.07) is 9.87. The molecular formula is C19H20ClNO4S2. The minimum atomic E-state index is -1.11. The van der Waals surface area contributed by atoms with Crippen molar-refractivity contribution < 1.29 is 19.4 Å². The lowest BCUT2D eigenvalue weighted by Gasteiger charge is -2.17. The molecule has 2 atom stereocenters. The van der Waals surface area contributed by atoms with Crippen molar-refractivity contribution in [2.24, 2.45) is 0 Å². The molecular weight excluding hydrogens is 406 g/mol. The summed E-state index contributed by atoms with van der Waals surface area (Å²) in [7, 11) is 0. The van der Waals surface area contributed by atoms with Gasteiger partial charge in [-0.15, -0.1) is 11.3 Å². The number of benzene rings is 1. The molecule has 2 N–H and O–H groups in total. The minimum absolute atomic E-state index is 0.328. The average Bonchev–Trinajstić information content (AvgIpc) is 3.18. The molecule has 3 rings (SSSR count). The summed E-state index contributed by atoms with van der Waals surface area (Å²) in [6.07, 6.45) is -1.16. The number of thiocarbonyl (C=S) groups is 1. The summed E-state index contributed by atoms with van der Waals surface area (Å²) in [6.45, 7) is 3.84. The second-order valence-corrected chi connectivity index (χ2v) is 8.57. The Morgan fingerprint density at radius 3 is 2.74 bits per heavy atom. The van der Waals surface area contributed by atoms with Crippen LogP contribution in [0.25, 0.3) is 0 Å². The van der Waals surface area contributed by atoms with Crippen molar-refractivity contribution >= 4 is 46.1 Å². The topological polar surface area (TPSA) is 67.8 Å². The predicted molar refractivity (Wildman–Crippen MR) is 109 cm³/mol. The predicted octanol–water partition coefficient (Wildman–Crippen LogP) is 4.01. The number of hydrogen-bond acceptors (Lipinski definition) is 5. The smallest absolute Gasteiger partial charge is 0.336 e. The molecule has 0 spiro atoms. The van der Waals surface area contributed by atoms with Crippen LogP contribution in [-0.4, -0.2) is 34.1 Å². The molecule has 5 nitrogen and oxygen atoms in total. The van der Waals surface area contributed by atoms with E-state index in [1.54, 1.807) is 25.2 Å². The Balaban J connectivity index is 1.59. The monoisotopic (exact) mass is 425 g/mol. The van der Waals surface area contributed by atoms with Crippen molar-refractivity contribution in [3.05, 3.63) is 56.7 Å². The highest BCUT2D eigenvalue weighted by Crippen LogP contribution is 2.29. The van der Waals surface area contributed by atoms with Gasteiger partial charge in [-0.05, 0) is 48.9 Å². The molecule has 0 radical (unpaired) electrons. The molecule has 27 heavy (non-hydrogen) atoms. The third-order valence-corrected chi connectivity index (χ3v) is 5.83. The Morgan fingerprint density at radius 2 is 2.04 bits per heavy atom. The summed E-state index contributed by atoms with van der Waals surface area (Å²) in [4.78, 5) is 12.8. The molecule has 0 unspecified atom stereocenters. The third kappa shape index (κ3) is 5.06. The number of aliphatic carboxylic acids is 1. The maximum Gasteiger partial charge on any atom is 0.336 e. The lowest BCUT2D eigenvalue weighted by Crippen LogP contribution is -2.42. The average molecular weight is 426 g/mol. The van der Waals surface area contributed by atoms with Crippen LogP contribution in [0.2, 0.25) is 5.02 Å². The van der Waals surface area contributed by atoms with Crippen LogP contribution in [0.15, 0.2) is 35.7 Å². The first-order valence-electron chi connectivity index (χ1n) is 8.41. The molecule has 8 heteroatoms. The van der Waals surface area contributed by atoms with Gasteiger partial charge in [0.25, 0.3) is 0 Å². The van der Waals surface area contributed by atoms with Crippen molar-refractivity contribution in [1.29, 1.82) is 0 Å². The lowest BCUT2D eigenvalue weighted by molar-refractivity contribution is -0.165. The van der Waals surface area contributed by atoms with Crippen LogP contribution in [0.1, 0.15) is 29.9 Å². The number of carboxylic acid groups (broad SMARTS) is 1. The quantitative estimate of drug-likeness (QED) is 0.681. The van der Waals surface area contributed by atoms with Crippen LogP contribution in [0.4, 0.5) is 0 Å². The molecule has 0 saturated carbocycles. The Labute approximate surface area is 172 Å². The van der Waals surface area contributed by atoms with Gasteiger partial charge in [0.15, 0.2) is 11.9 Å². The van der Waals surface area contributed by atoms with Crippen LogP contribution in [-0.2, 0) is 27.2 Å². The number of nitrogens with one attached hydrogen (secondary N) is 1. The molecule has 1 aromatic heterocycles. The Morgan fingerprint density at radius 1 is 1.33 bits per heavy atom. The number of hydrogen-bond donors (Lipinski definition) is 2. The molecule has 1 aliphatic heterocycles. The largest absolute Gasteiger partial charge is 0.479 e. The van der Waals surface area contributed by atoms with E-state index in [-0.39, 0.29) is 0 Å². The summed E-state index contributed by atoms with van der Waals surface area (Å²) < 4.78 is 11.1. The Bertz CT molecular complexity index is 852. The second kappa shape index (κ2) is 8.24. The van der Waals surface area contributed by atoms with Crippen LogP contribution in [0, 0.1) is 0 Å². The van der Waals surface area contributed by atoms with Crippen LogP contribution >= 0.6 is 35.2 Å². The maximum atomic E-state index is 11.4. The number of ether oxygens (including phenoxy) is 2. The zero-order valence-electron chi connectivity index (χ0n) is 14.9. The molecule has 144 valence electrons. The Hall–Kier alpha value is -1.51. The molecule has 0 amide bonds. The van der Waals surface area contributed by atoms with E-state index < -0.39 is 24.0 Å². The van der Waals surface area contributed by atoms with Crippen molar-refractivity contribution in [1.82, 2.24) is 5.32 Å². The van der Waals surface area contributed by atoms with Gasteiger partial charge in [0.2, 0.25) is 0 Å². The highest BCUT2D eigenvalue weighted by Gasteiger charge is 2.47. The fourth-order valence-corrected chi connectivity index (χ4v) is 4.16. The highest BCUT2D eigenvalue weighted by molar-refractivity contribution is 7.80. The van der Waals surface area contributed by atoms with Gasteiger partial charge in [-0.3, -0.25) is 0 Å².